The number of hydrogen-bond acceptors (Lipinski definition) is 1. The molecule has 0 fully saturated rings. The summed E-state index contributed by atoms with van der Waals surface area (Å²) >= 11 is 5.79. The molecule has 2 nitrogen and oxygen atoms in total. The van der Waals surface area contributed by atoms with Crippen LogP contribution >= 0.6 is 31.9 Å². The number of benzene rings is 1. The molecule has 0 saturated carbocycles. The monoisotopic (exact) mass is 328 g/mol. The average Bonchev–Trinajstić information content (AvgIpc) is 2.09. The van der Waals surface area contributed by atoms with E-state index >= 15 is 0 Å². The van der Waals surface area contributed by atoms with Gasteiger partial charge in [-0.15, -0.1) is 0 Å². The Morgan fingerprint density at radius 3 is 2.36 bits per heavy atom. The number of carbonyl (C=O) groups is 1. The Bertz CT molecular complexity index is 393. The van der Waals surface area contributed by atoms with Crippen LogP contribution in [0.1, 0.15) is 5.56 Å². The summed E-state index contributed by atoms with van der Waals surface area (Å²) in [6.45, 7) is 0. The minimum Gasteiger partial charge on any atom is -0.481 e. The van der Waals surface area contributed by atoms with Crippen LogP contribution in [0.2, 0.25) is 0 Å². The molecule has 1 aromatic carbocycles. The SMILES string of the molecule is O=C(O)Cc1c(F)cc(F)c(Br)c1Br. The van der Waals surface area contributed by atoms with E-state index in [0.717, 1.165) is 0 Å². The second-order valence-corrected chi connectivity index (χ2v) is 4.10. The largest absolute Gasteiger partial charge is 0.481 e. The summed E-state index contributed by atoms with van der Waals surface area (Å²) in [5.74, 6) is -2.83. The second kappa shape index (κ2) is 4.35. The molecule has 14 heavy (non-hydrogen) atoms. The molecule has 0 heterocycles. The predicted octanol–water partition coefficient (Wildman–Crippen LogP) is 3.12. The number of hydrogen-bond donors (Lipinski definition) is 1. The van der Waals surface area contributed by atoms with E-state index in [-0.39, 0.29) is 14.5 Å². The minimum absolute atomic E-state index is 0.0233. The van der Waals surface area contributed by atoms with Gasteiger partial charge in [-0.05, 0) is 31.9 Å². The third kappa shape index (κ3) is 2.30. The first-order chi connectivity index (χ1) is 6.43. The van der Waals surface area contributed by atoms with Crippen molar-refractivity contribution >= 4 is 37.8 Å². The fourth-order valence-electron chi connectivity index (χ4n) is 0.917. The van der Waals surface area contributed by atoms with Gasteiger partial charge in [0.25, 0.3) is 0 Å². The van der Waals surface area contributed by atoms with Crippen molar-refractivity contribution in [1.29, 1.82) is 0 Å². The lowest BCUT2D eigenvalue weighted by atomic mass is 10.1. The van der Waals surface area contributed by atoms with Gasteiger partial charge < -0.3 is 5.11 Å². The summed E-state index contributed by atoms with van der Waals surface area (Å²) in [4.78, 5) is 10.4. The van der Waals surface area contributed by atoms with E-state index in [1.54, 1.807) is 0 Å². The van der Waals surface area contributed by atoms with Gasteiger partial charge in [-0.3, -0.25) is 4.79 Å². The number of aliphatic carboxylic acids is 1. The molecular formula is C8H4Br2F2O2. The first-order valence-corrected chi connectivity index (χ1v) is 5.05. The van der Waals surface area contributed by atoms with Gasteiger partial charge in [0.15, 0.2) is 0 Å². The fourth-order valence-corrected chi connectivity index (χ4v) is 1.79. The topological polar surface area (TPSA) is 37.3 Å². The van der Waals surface area contributed by atoms with Crippen LogP contribution in [-0.2, 0) is 11.2 Å². The molecule has 0 bridgehead atoms. The summed E-state index contributed by atoms with van der Waals surface area (Å²) in [5.41, 5.74) is -0.0780. The molecule has 0 saturated heterocycles. The van der Waals surface area contributed by atoms with E-state index in [9.17, 15) is 13.6 Å². The molecule has 6 heteroatoms. The molecule has 1 rings (SSSR count). The molecule has 0 aromatic heterocycles. The van der Waals surface area contributed by atoms with Gasteiger partial charge >= 0.3 is 5.97 Å². The van der Waals surface area contributed by atoms with E-state index in [4.69, 9.17) is 5.11 Å². The molecule has 1 aromatic rings. The summed E-state index contributed by atoms with van der Waals surface area (Å²) in [6.07, 6.45) is -0.495. The summed E-state index contributed by atoms with van der Waals surface area (Å²) < 4.78 is 26.1. The highest BCUT2D eigenvalue weighted by Gasteiger charge is 2.17. The van der Waals surface area contributed by atoms with Crippen molar-refractivity contribution in [2.45, 2.75) is 6.42 Å². The first-order valence-electron chi connectivity index (χ1n) is 3.47. The van der Waals surface area contributed by atoms with E-state index in [1.165, 1.54) is 0 Å². The quantitative estimate of drug-likeness (QED) is 0.668. The standard InChI is InChI=1S/C8H4Br2F2O2/c9-7-3(1-6(13)14)4(11)2-5(12)8(7)10/h2H,1H2,(H,13,14). The molecule has 1 N–H and O–H groups in total. The lowest BCUT2D eigenvalue weighted by molar-refractivity contribution is -0.136. The van der Waals surface area contributed by atoms with E-state index in [0.29, 0.717) is 6.07 Å². The van der Waals surface area contributed by atoms with Gasteiger partial charge in [-0.2, -0.15) is 0 Å². The maximum Gasteiger partial charge on any atom is 0.307 e. The summed E-state index contributed by atoms with van der Waals surface area (Å²) in [5, 5.41) is 8.48. The lowest BCUT2D eigenvalue weighted by Crippen LogP contribution is -2.04. The number of carboxylic acid groups (broad SMARTS) is 1. The van der Waals surface area contributed by atoms with Crippen LogP contribution in [-0.4, -0.2) is 11.1 Å². The summed E-state index contributed by atoms with van der Waals surface area (Å²) in [6, 6.07) is 0.646. The third-order valence-electron chi connectivity index (χ3n) is 1.54. The molecule has 0 aliphatic carbocycles. The fraction of sp³-hybridized carbons (Fsp3) is 0.125. The molecule has 0 unspecified atom stereocenters. The molecule has 0 aliphatic heterocycles. The number of carboxylic acids is 1. The van der Waals surface area contributed by atoms with Gasteiger partial charge in [0.05, 0.1) is 10.9 Å². The second-order valence-electron chi connectivity index (χ2n) is 2.52. The average molecular weight is 330 g/mol. The lowest BCUT2D eigenvalue weighted by Gasteiger charge is -2.06. The van der Waals surface area contributed by atoms with Gasteiger partial charge in [0.1, 0.15) is 11.6 Å². The van der Waals surface area contributed by atoms with E-state index in [1.807, 2.05) is 0 Å². The normalized spacial score (nSPS) is 10.3. The van der Waals surface area contributed by atoms with Crippen molar-refractivity contribution in [3.63, 3.8) is 0 Å². The zero-order chi connectivity index (χ0) is 10.9. The van der Waals surface area contributed by atoms with Crippen LogP contribution in [0, 0.1) is 11.6 Å². The Kier molecular flexibility index (Phi) is 3.60. The maximum atomic E-state index is 13.1. The highest BCUT2D eigenvalue weighted by Crippen LogP contribution is 2.31. The van der Waals surface area contributed by atoms with E-state index < -0.39 is 24.0 Å². The Balaban J connectivity index is 3.29. The first kappa shape index (κ1) is 11.6. The van der Waals surface area contributed by atoms with Gasteiger partial charge in [0, 0.05) is 16.1 Å². The molecule has 76 valence electrons. The van der Waals surface area contributed by atoms with Crippen LogP contribution in [0.4, 0.5) is 8.78 Å². The highest BCUT2D eigenvalue weighted by molar-refractivity contribution is 9.13. The Morgan fingerprint density at radius 2 is 1.86 bits per heavy atom. The van der Waals surface area contributed by atoms with Crippen molar-refractivity contribution in [2.75, 3.05) is 0 Å². The molecule has 0 atom stereocenters. The minimum atomic E-state index is -1.18. The van der Waals surface area contributed by atoms with Gasteiger partial charge in [-0.1, -0.05) is 0 Å². The molecule has 0 radical (unpaired) electrons. The van der Waals surface area contributed by atoms with Gasteiger partial charge in [0.2, 0.25) is 0 Å². The zero-order valence-corrected chi connectivity index (χ0v) is 9.82. The van der Waals surface area contributed by atoms with Crippen LogP contribution in [0.15, 0.2) is 15.0 Å². The predicted molar refractivity (Wildman–Crippen MR) is 53.1 cm³/mol. The van der Waals surface area contributed by atoms with Crippen molar-refractivity contribution in [2.24, 2.45) is 0 Å². The van der Waals surface area contributed by atoms with Gasteiger partial charge in [-0.25, -0.2) is 8.78 Å². The number of rotatable bonds is 2. The zero-order valence-electron chi connectivity index (χ0n) is 6.65. The van der Waals surface area contributed by atoms with Crippen LogP contribution in [0.3, 0.4) is 0 Å². The van der Waals surface area contributed by atoms with Crippen LogP contribution in [0.5, 0.6) is 0 Å². The van der Waals surface area contributed by atoms with Crippen LogP contribution in [0.25, 0.3) is 0 Å². The van der Waals surface area contributed by atoms with Crippen molar-refractivity contribution < 1.29 is 18.7 Å². The van der Waals surface area contributed by atoms with Crippen molar-refractivity contribution in [3.05, 3.63) is 32.2 Å². The number of halogens is 4. The van der Waals surface area contributed by atoms with Crippen molar-refractivity contribution in [3.8, 4) is 0 Å². The Hall–Kier alpha value is -0.490. The smallest absolute Gasteiger partial charge is 0.307 e. The van der Waals surface area contributed by atoms with E-state index in [2.05, 4.69) is 31.9 Å². The summed E-state index contributed by atoms with van der Waals surface area (Å²) in [7, 11) is 0. The Morgan fingerprint density at radius 1 is 1.29 bits per heavy atom. The molecular weight excluding hydrogens is 326 g/mol. The maximum absolute atomic E-state index is 13.1. The van der Waals surface area contributed by atoms with Crippen LogP contribution < -0.4 is 0 Å². The molecule has 0 amide bonds. The molecule has 0 spiro atoms. The van der Waals surface area contributed by atoms with Crippen molar-refractivity contribution in [1.82, 2.24) is 0 Å². The third-order valence-corrected chi connectivity index (χ3v) is 3.72. The Labute approximate surface area is 95.2 Å². The molecule has 0 aliphatic rings. The highest BCUT2D eigenvalue weighted by atomic mass is 79.9.